The van der Waals surface area contributed by atoms with Crippen LogP contribution in [0.3, 0.4) is 0 Å². The monoisotopic (exact) mass is 340 g/mol. The Kier molecular flexibility index (Phi) is 8.04. The van der Waals surface area contributed by atoms with Gasteiger partial charge in [-0.1, -0.05) is 47.5 Å². The van der Waals surface area contributed by atoms with Crippen LogP contribution >= 0.6 is 15.9 Å². The Morgan fingerprint density at radius 2 is 2.05 bits per heavy atom. The fourth-order valence-electron chi connectivity index (χ4n) is 1.73. The highest BCUT2D eigenvalue weighted by Crippen LogP contribution is 2.23. The molecule has 0 aliphatic carbocycles. The number of esters is 1. The van der Waals surface area contributed by atoms with Gasteiger partial charge in [0.2, 0.25) is 0 Å². The summed E-state index contributed by atoms with van der Waals surface area (Å²) in [7, 11) is 0. The molecule has 0 spiro atoms. The lowest BCUT2D eigenvalue weighted by molar-refractivity contribution is -0.137. The zero-order chi connectivity index (χ0) is 14.8. The smallest absolute Gasteiger partial charge is 0.334 e. The maximum absolute atomic E-state index is 11.5. The Labute approximate surface area is 129 Å². The van der Waals surface area contributed by atoms with Crippen LogP contribution in [0.4, 0.5) is 0 Å². The lowest BCUT2D eigenvalue weighted by Crippen LogP contribution is -2.06. The third-order valence-corrected chi connectivity index (χ3v) is 3.26. The van der Waals surface area contributed by atoms with Gasteiger partial charge in [-0.15, -0.1) is 0 Å². The van der Waals surface area contributed by atoms with Crippen molar-refractivity contribution in [2.75, 3.05) is 11.9 Å². The number of hydrogen-bond donors (Lipinski definition) is 0. The summed E-state index contributed by atoms with van der Waals surface area (Å²) in [4.78, 5) is 11.5. The van der Waals surface area contributed by atoms with E-state index in [0.717, 1.165) is 30.6 Å². The zero-order valence-electron chi connectivity index (χ0n) is 12.0. The molecule has 0 unspecified atom stereocenters. The number of ether oxygens (including phenoxy) is 2. The molecule has 0 N–H and O–H groups in total. The van der Waals surface area contributed by atoms with E-state index in [4.69, 9.17) is 9.47 Å². The van der Waals surface area contributed by atoms with Crippen LogP contribution in [-0.4, -0.2) is 17.9 Å². The van der Waals surface area contributed by atoms with Crippen molar-refractivity contribution in [3.05, 3.63) is 41.7 Å². The van der Waals surface area contributed by atoms with Gasteiger partial charge in [0.1, 0.15) is 11.5 Å². The van der Waals surface area contributed by atoms with Gasteiger partial charge >= 0.3 is 5.97 Å². The number of alkyl halides is 1. The number of carbonyl (C=O) groups is 1. The quantitative estimate of drug-likeness (QED) is 0.307. The molecule has 20 heavy (non-hydrogen) atoms. The molecule has 0 aliphatic heterocycles. The molecule has 4 heteroatoms. The average molecular weight is 341 g/mol. The van der Waals surface area contributed by atoms with E-state index in [1.807, 2.05) is 18.2 Å². The van der Waals surface area contributed by atoms with Crippen LogP contribution in [0.5, 0.6) is 5.75 Å². The van der Waals surface area contributed by atoms with E-state index >= 15 is 0 Å². The number of para-hydroxylation sites is 1. The van der Waals surface area contributed by atoms with Gasteiger partial charge in [-0.3, -0.25) is 0 Å². The van der Waals surface area contributed by atoms with Gasteiger partial charge in [-0.05, 0) is 31.4 Å². The summed E-state index contributed by atoms with van der Waals surface area (Å²) in [6, 6.07) is 7.91. The first-order valence-electron chi connectivity index (χ1n) is 6.90. The Morgan fingerprint density at radius 1 is 1.30 bits per heavy atom. The fourth-order valence-corrected chi connectivity index (χ4v) is 2.01. The fraction of sp³-hybridized carbons (Fsp3) is 0.438. The van der Waals surface area contributed by atoms with Crippen molar-refractivity contribution in [3.8, 4) is 5.75 Å². The number of carbonyl (C=O) groups excluding carboxylic acids is 1. The number of hydrogen-bond acceptors (Lipinski definition) is 3. The summed E-state index contributed by atoms with van der Waals surface area (Å²) >= 11 is 3.33. The van der Waals surface area contributed by atoms with Gasteiger partial charge < -0.3 is 9.47 Å². The number of benzene rings is 1. The minimum absolute atomic E-state index is 0.359. The third-order valence-electron chi connectivity index (χ3n) is 2.71. The maximum atomic E-state index is 11.5. The van der Waals surface area contributed by atoms with E-state index in [1.54, 1.807) is 6.92 Å². The highest BCUT2D eigenvalue weighted by molar-refractivity contribution is 9.09. The van der Waals surface area contributed by atoms with Gasteiger partial charge in [0, 0.05) is 0 Å². The van der Waals surface area contributed by atoms with Crippen molar-refractivity contribution >= 4 is 21.9 Å². The third kappa shape index (κ3) is 5.78. The Bertz CT molecular complexity index is 455. The van der Waals surface area contributed by atoms with Gasteiger partial charge in [-0.2, -0.15) is 0 Å². The highest BCUT2D eigenvalue weighted by atomic mass is 79.9. The molecule has 1 aromatic rings. The summed E-state index contributed by atoms with van der Waals surface area (Å²) in [6.45, 7) is 4.30. The molecule has 3 nitrogen and oxygen atoms in total. The van der Waals surface area contributed by atoms with Crippen LogP contribution in [0.25, 0.3) is 0 Å². The molecule has 0 saturated carbocycles. The normalized spacial score (nSPS) is 11.2. The van der Waals surface area contributed by atoms with Crippen LogP contribution in [-0.2, 0) is 16.0 Å². The topological polar surface area (TPSA) is 35.5 Å². The second-order valence-electron chi connectivity index (χ2n) is 4.31. The minimum atomic E-state index is -0.381. The summed E-state index contributed by atoms with van der Waals surface area (Å²) in [5, 5.41) is 0.466. The van der Waals surface area contributed by atoms with Crippen molar-refractivity contribution in [1.29, 1.82) is 0 Å². The predicted octanol–water partition coefficient (Wildman–Crippen LogP) is 4.25. The van der Waals surface area contributed by atoms with E-state index in [-0.39, 0.29) is 5.97 Å². The number of allylic oxidation sites excluding steroid dienone is 1. The van der Waals surface area contributed by atoms with Gasteiger partial charge in [0.15, 0.2) is 0 Å². The summed E-state index contributed by atoms with van der Waals surface area (Å²) in [6.07, 6.45) is 4.61. The van der Waals surface area contributed by atoms with Gasteiger partial charge in [0.25, 0.3) is 0 Å². The van der Waals surface area contributed by atoms with E-state index in [0.29, 0.717) is 17.7 Å². The molecule has 0 amide bonds. The maximum Gasteiger partial charge on any atom is 0.334 e. The van der Waals surface area contributed by atoms with E-state index in [2.05, 4.69) is 28.9 Å². The Hall–Kier alpha value is -1.29. The van der Waals surface area contributed by atoms with Gasteiger partial charge in [0.05, 0.1) is 18.0 Å². The number of halogens is 1. The SMILES string of the molecule is CCCCc1ccccc1O/C(=C/C(=O)OCC)CBr. The second kappa shape index (κ2) is 9.59. The lowest BCUT2D eigenvalue weighted by Gasteiger charge is -2.12. The highest BCUT2D eigenvalue weighted by Gasteiger charge is 2.08. The van der Waals surface area contributed by atoms with Crippen molar-refractivity contribution in [2.24, 2.45) is 0 Å². The largest absolute Gasteiger partial charge is 0.463 e. The first kappa shape index (κ1) is 16.8. The zero-order valence-corrected chi connectivity index (χ0v) is 13.6. The van der Waals surface area contributed by atoms with Crippen molar-refractivity contribution in [3.63, 3.8) is 0 Å². The molecule has 0 fully saturated rings. The molecule has 0 saturated heterocycles. The van der Waals surface area contributed by atoms with Gasteiger partial charge in [-0.25, -0.2) is 4.79 Å². The average Bonchev–Trinajstić information content (AvgIpc) is 2.45. The molecule has 1 aromatic carbocycles. The summed E-state index contributed by atoms with van der Waals surface area (Å²) in [5.41, 5.74) is 1.16. The first-order valence-corrected chi connectivity index (χ1v) is 8.02. The molecule has 0 atom stereocenters. The van der Waals surface area contributed by atoms with Crippen LogP contribution in [0.15, 0.2) is 36.1 Å². The molecule has 0 heterocycles. The molecule has 110 valence electrons. The molecule has 0 aliphatic rings. The molecule has 0 radical (unpaired) electrons. The summed E-state index contributed by atoms with van der Waals surface area (Å²) in [5.74, 6) is 0.969. The second-order valence-corrected chi connectivity index (χ2v) is 4.87. The lowest BCUT2D eigenvalue weighted by atomic mass is 10.1. The number of rotatable bonds is 8. The molecule has 0 bridgehead atoms. The van der Waals surface area contributed by atoms with Crippen LogP contribution in [0.2, 0.25) is 0 Å². The standard InChI is InChI=1S/C16H21BrO3/c1-3-5-8-13-9-6-7-10-15(13)20-14(12-17)11-16(18)19-4-2/h6-7,9-11H,3-5,8,12H2,1-2H3/b14-11+. The Morgan fingerprint density at radius 3 is 2.70 bits per heavy atom. The van der Waals surface area contributed by atoms with E-state index in [1.165, 1.54) is 6.08 Å². The predicted molar refractivity (Wildman–Crippen MR) is 84.2 cm³/mol. The first-order chi connectivity index (χ1) is 9.71. The van der Waals surface area contributed by atoms with Crippen LogP contribution in [0, 0.1) is 0 Å². The molecular formula is C16H21BrO3. The summed E-state index contributed by atoms with van der Waals surface area (Å²) < 4.78 is 10.7. The Balaban J connectivity index is 2.81. The molecule has 1 rings (SSSR count). The number of aryl methyl sites for hydroxylation is 1. The van der Waals surface area contributed by atoms with Crippen molar-refractivity contribution in [1.82, 2.24) is 0 Å². The number of unbranched alkanes of at least 4 members (excludes halogenated alkanes) is 1. The van der Waals surface area contributed by atoms with E-state index < -0.39 is 0 Å². The van der Waals surface area contributed by atoms with Crippen molar-refractivity contribution in [2.45, 2.75) is 33.1 Å². The minimum Gasteiger partial charge on any atom is -0.463 e. The van der Waals surface area contributed by atoms with Crippen molar-refractivity contribution < 1.29 is 14.3 Å². The van der Waals surface area contributed by atoms with Crippen LogP contribution in [0.1, 0.15) is 32.3 Å². The van der Waals surface area contributed by atoms with Crippen LogP contribution < -0.4 is 4.74 Å². The molecule has 0 aromatic heterocycles. The molecular weight excluding hydrogens is 320 g/mol. The van der Waals surface area contributed by atoms with E-state index in [9.17, 15) is 4.79 Å².